The molecule has 1 rings (SSSR count). The van der Waals surface area contributed by atoms with Crippen molar-refractivity contribution in [2.45, 2.75) is 40.7 Å². The zero-order chi connectivity index (χ0) is 14.4. The van der Waals surface area contributed by atoms with Gasteiger partial charge in [-0.15, -0.1) is 0 Å². The molecule has 0 heterocycles. The maximum absolute atomic E-state index is 6.13. The lowest BCUT2D eigenvalue weighted by Crippen LogP contribution is -2.37. The van der Waals surface area contributed by atoms with Crippen LogP contribution >= 0.6 is 15.9 Å². The average Bonchev–Trinajstić information content (AvgIpc) is 2.30. The minimum atomic E-state index is 0.192. The molecule has 0 aliphatic heterocycles. The van der Waals surface area contributed by atoms with Gasteiger partial charge < -0.3 is 10.1 Å². The van der Waals surface area contributed by atoms with E-state index in [0.717, 1.165) is 23.3 Å². The molecule has 0 saturated heterocycles. The van der Waals surface area contributed by atoms with Crippen molar-refractivity contribution < 1.29 is 4.74 Å². The Balaban J connectivity index is 2.62. The molecule has 1 N–H and O–H groups in total. The molecule has 0 bridgehead atoms. The van der Waals surface area contributed by atoms with Crippen LogP contribution in [0.5, 0.6) is 5.75 Å². The largest absolute Gasteiger partial charge is 0.488 e. The van der Waals surface area contributed by atoms with Crippen LogP contribution < -0.4 is 10.1 Å². The van der Waals surface area contributed by atoms with Crippen LogP contribution in [0.2, 0.25) is 0 Å². The second-order valence-electron chi connectivity index (χ2n) is 5.89. The van der Waals surface area contributed by atoms with Crippen LogP contribution in [-0.4, -0.2) is 19.2 Å². The van der Waals surface area contributed by atoms with E-state index < -0.39 is 0 Å². The second-order valence-corrected chi connectivity index (χ2v) is 6.74. The Morgan fingerprint density at radius 1 is 1.16 bits per heavy atom. The zero-order valence-electron chi connectivity index (χ0n) is 12.7. The third kappa shape index (κ3) is 5.96. The minimum absolute atomic E-state index is 0.192. The fourth-order valence-corrected chi connectivity index (χ4v) is 2.38. The smallest absolute Gasteiger partial charge is 0.133 e. The predicted molar refractivity (Wildman–Crippen MR) is 85.8 cm³/mol. The number of halogens is 1. The van der Waals surface area contributed by atoms with Gasteiger partial charge in [0, 0.05) is 6.54 Å². The van der Waals surface area contributed by atoms with Gasteiger partial charge in [0.2, 0.25) is 0 Å². The molecule has 1 aromatic carbocycles. The van der Waals surface area contributed by atoms with E-state index >= 15 is 0 Å². The molecule has 108 valence electrons. The van der Waals surface area contributed by atoms with Crippen LogP contribution in [0.4, 0.5) is 0 Å². The molecule has 0 aliphatic rings. The van der Waals surface area contributed by atoms with Gasteiger partial charge in [-0.05, 0) is 58.9 Å². The van der Waals surface area contributed by atoms with Gasteiger partial charge >= 0.3 is 0 Å². The summed E-state index contributed by atoms with van der Waals surface area (Å²) in [7, 11) is 0. The van der Waals surface area contributed by atoms with E-state index in [0.29, 0.717) is 11.8 Å². The lowest BCUT2D eigenvalue weighted by atomic mass is 10.1. The summed E-state index contributed by atoms with van der Waals surface area (Å²) in [6.45, 7) is 12.8. The Morgan fingerprint density at radius 2 is 1.84 bits per heavy atom. The lowest BCUT2D eigenvalue weighted by molar-refractivity contribution is 0.147. The van der Waals surface area contributed by atoms with Crippen LogP contribution in [0.3, 0.4) is 0 Å². The van der Waals surface area contributed by atoms with Crippen molar-refractivity contribution in [3.63, 3.8) is 0 Å². The molecule has 0 aromatic heterocycles. The zero-order valence-corrected chi connectivity index (χ0v) is 14.3. The Morgan fingerprint density at radius 3 is 2.37 bits per heavy atom. The standard InChI is InChI=1S/C16H26BrNO/c1-11(2)9-18-10-16(12(3)4)19-15-7-6-13(5)8-14(15)17/h6-8,11-12,16,18H,9-10H2,1-5H3. The van der Waals surface area contributed by atoms with E-state index in [2.05, 4.69) is 68.0 Å². The van der Waals surface area contributed by atoms with E-state index in [4.69, 9.17) is 4.74 Å². The number of hydrogen-bond donors (Lipinski definition) is 1. The van der Waals surface area contributed by atoms with Crippen molar-refractivity contribution in [2.24, 2.45) is 11.8 Å². The fourth-order valence-electron chi connectivity index (χ4n) is 1.79. The third-order valence-electron chi connectivity index (χ3n) is 3.01. The van der Waals surface area contributed by atoms with Gasteiger partial charge in [-0.3, -0.25) is 0 Å². The molecule has 0 spiro atoms. The summed E-state index contributed by atoms with van der Waals surface area (Å²) >= 11 is 3.57. The molecule has 19 heavy (non-hydrogen) atoms. The normalized spacial score (nSPS) is 13.1. The summed E-state index contributed by atoms with van der Waals surface area (Å²) in [5, 5.41) is 3.48. The number of aryl methyl sites for hydroxylation is 1. The van der Waals surface area contributed by atoms with Crippen molar-refractivity contribution in [3.05, 3.63) is 28.2 Å². The average molecular weight is 328 g/mol. The summed E-state index contributed by atoms with van der Waals surface area (Å²) in [4.78, 5) is 0. The van der Waals surface area contributed by atoms with Gasteiger partial charge in [-0.1, -0.05) is 33.8 Å². The molecule has 1 unspecified atom stereocenters. The van der Waals surface area contributed by atoms with Gasteiger partial charge in [0.1, 0.15) is 11.9 Å². The van der Waals surface area contributed by atoms with Crippen molar-refractivity contribution in [2.75, 3.05) is 13.1 Å². The van der Waals surface area contributed by atoms with Gasteiger partial charge in [-0.2, -0.15) is 0 Å². The van der Waals surface area contributed by atoms with Crippen LogP contribution in [0.15, 0.2) is 22.7 Å². The monoisotopic (exact) mass is 327 g/mol. The van der Waals surface area contributed by atoms with Gasteiger partial charge in [0.15, 0.2) is 0 Å². The first-order valence-corrected chi connectivity index (χ1v) is 7.83. The first-order chi connectivity index (χ1) is 8.90. The summed E-state index contributed by atoms with van der Waals surface area (Å²) in [6, 6.07) is 6.21. The third-order valence-corrected chi connectivity index (χ3v) is 3.63. The van der Waals surface area contributed by atoms with Crippen molar-refractivity contribution in [3.8, 4) is 5.75 Å². The van der Waals surface area contributed by atoms with Crippen molar-refractivity contribution in [1.29, 1.82) is 0 Å². The van der Waals surface area contributed by atoms with Crippen molar-refractivity contribution >= 4 is 15.9 Å². The molecular formula is C16H26BrNO. The number of rotatable bonds is 7. The van der Waals surface area contributed by atoms with E-state index in [1.54, 1.807) is 0 Å². The Kier molecular flexibility index (Phi) is 6.87. The molecule has 0 aliphatic carbocycles. The second kappa shape index (κ2) is 7.91. The number of ether oxygens (including phenoxy) is 1. The summed E-state index contributed by atoms with van der Waals surface area (Å²) in [5.41, 5.74) is 1.23. The minimum Gasteiger partial charge on any atom is -0.488 e. The predicted octanol–water partition coefficient (Wildman–Crippen LogP) is 4.41. The highest BCUT2D eigenvalue weighted by Gasteiger charge is 2.16. The molecule has 0 fully saturated rings. The first-order valence-electron chi connectivity index (χ1n) is 7.03. The highest BCUT2D eigenvalue weighted by Crippen LogP contribution is 2.27. The van der Waals surface area contributed by atoms with Crippen molar-refractivity contribution in [1.82, 2.24) is 5.32 Å². The van der Waals surface area contributed by atoms with E-state index in [1.807, 2.05) is 6.07 Å². The number of nitrogens with one attached hydrogen (secondary N) is 1. The van der Waals surface area contributed by atoms with E-state index in [9.17, 15) is 0 Å². The highest BCUT2D eigenvalue weighted by molar-refractivity contribution is 9.10. The molecule has 0 amide bonds. The lowest BCUT2D eigenvalue weighted by Gasteiger charge is -2.24. The van der Waals surface area contributed by atoms with E-state index in [1.165, 1.54) is 5.56 Å². The Labute approximate surface area is 126 Å². The molecular weight excluding hydrogens is 302 g/mol. The molecule has 3 heteroatoms. The fraction of sp³-hybridized carbons (Fsp3) is 0.625. The van der Waals surface area contributed by atoms with Crippen LogP contribution in [0.1, 0.15) is 33.3 Å². The van der Waals surface area contributed by atoms with Crippen LogP contribution in [-0.2, 0) is 0 Å². The summed E-state index contributed by atoms with van der Waals surface area (Å²) in [6.07, 6.45) is 0.192. The molecule has 1 aromatic rings. The van der Waals surface area contributed by atoms with Gasteiger partial charge in [0.25, 0.3) is 0 Å². The highest BCUT2D eigenvalue weighted by atomic mass is 79.9. The van der Waals surface area contributed by atoms with Crippen LogP contribution in [0.25, 0.3) is 0 Å². The Hall–Kier alpha value is -0.540. The molecule has 2 nitrogen and oxygen atoms in total. The quantitative estimate of drug-likeness (QED) is 0.801. The van der Waals surface area contributed by atoms with E-state index in [-0.39, 0.29) is 6.10 Å². The maximum atomic E-state index is 6.13. The Bertz CT molecular complexity index is 390. The number of hydrogen-bond acceptors (Lipinski definition) is 2. The van der Waals surface area contributed by atoms with Gasteiger partial charge in [-0.25, -0.2) is 0 Å². The van der Waals surface area contributed by atoms with Crippen LogP contribution in [0, 0.1) is 18.8 Å². The molecule has 0 radical (unpaired) electrons. The topological polar surface area (TPSA) is 21.3 Å². The maximum Gasteiger partial charge on any atom is 0.133 e. The summed E-state index contributed by atoms with van der Waals surface area (Å²) in [5.74, 6) is 2.07. The summed E-state index contributed by atoms with van der Waals surface area (Å²) < 4.78 is 7.16. The first kappa shape index (κ1) is 16.5. The van der Waals surface area contributed by atoms with Gasteiger partial charge in [0.05, 0.1) is 4.47 Å². The SMILES string of the molecule is Cc1ccc(OC(CNCC(C)C)C(C)C)c(Br)c1. The molecule has 1 atom stereocenters. The number of benzene rings is 1. The molecule has 0 saturated carbocycles.